The topological polar surface area (TPSA) is 35.6 Å². The van der Waals surface area contributed by atoms with Crippen molar-refractivity contribution in [2.45, 2.75) is 37.9 Å². The summed E-state index contributed by atoms with van der Waals surface area (Å²) in [6.45, 7) is 3.57. The fourth-order valence-corrected chi connectivity index (χ4v) is 4.62. The van der Waals surface area contributed by atoms with E-state index in [1.165, 1.54) is 18.9 Å². The molecule has 2 aromatic rings. The van der Waals surface area contributed by atoms with Crippen LogP contribution in [0.2, 0.25) is 5.02 Å². The highest BCUT2D eigenvalue weighted by molar-refractivity contribution is 6.33. The summed E-state index contributed by atoms with van der Waals surface area (Å²) in [6, 6.07) is 10.7. The number of anilines is 2. The molecule has 4 nitrogen and oxygen atoms in total. The Labute approximate surface area is 185 Å². The van der Waals surface area contributed by atoms with Gasteiger partial charge in [-0.25, -0.2) is 0 Å². The highest BCUT2D eigenvalue weighted by Gasteiger charge is 2.33. The maximum atomic E-state index is 13.6. The maximum Gasteiger partial charge on any atom is 0.416 e. The maximum absolute atomic E-state index is 13.6. The molecule has 0 saturated carbocycles. The van der Waals surface area contributed by atoms with E-state index in [4.69, 9.17) is 11.6 Å². The Morgan fingerprint density at radius 1 is 1.00 bits per heavy atom. The lowest BCUT2D eigenvalue weighted by Gasteiger charge is -2.38. The Morgan fingerprint density at radius 3 is 2.32 bits per heavy atom. The van der Waals surface area contributed by atoms with Crippen LogP contribution in [0.25, 0.3) is 0 Å². The van der Waals surface area contributed by atoms with Gasteiger partial charge in [-0.2, -0.15) is 13.2 Å². The number of carbonyl (C=O) groups is 1. The Balaban J connectivity index is 1.55. The van der Waals surface area contributed by atoms with Crippen molar-refractivity contribution in [3.63, 3.8) is 0 Å². The monoisotopic (exact) mass is 451 g/mol. The minimum absolute atomic E-state index is 0.0357. The summed E-state index contributed by atoms with van der Waals surface area (Å²) < 4.78 is 40.7. The van der Waals surface area contributed by atoms with Gasteiger partial charge in [-0.15, -0.1) is 0 Å². The number of nitrogens with one attached hydrogen (secondary N) is 1. The third kappa shape index (κ3) is 5.15. The second kappa shape index (κ2) is 9.09. The molecule has 2 aliphatic heterocycles. The van der Waals surface area contributed by atoms with Crippen molar-refractivity contribution in [3.8, 4) is 0 Å². The molecule has 2 fully saturated rings. The standard InChI is InChI=1S/C23H25ClF3N3O/c24-20-5-1-2-6-21(20)28-22(31)16-13-17(23(25,26)27)15-19(14-16)30-11-7-18(8-12-30)29-9-3-4-10-29/h1-2,5-6,13-15,18H,3-4,7-12H2,(H,28,31). The molecule has 0 radical (unpaired) electrons. The van der Waals surface area contributed by atoms with Crippen molar-refractivity contribution < 1.29 is 18.0 Å². The van der Waals surface area contributed by atoms with Gasteiger partial charge in [-0.1, -0.05) is 23.7 Å². The zero-order chi connectivity index (χ0) is 22.0. The fourth-order valence-electron chi connectivity index (χ4n) is 4.44. The number of nitrogens with zero attached hydrogens (tertiary/aromatic N) is 2. The smallest absolute Gasteiger partial charge is 0.371 e. The number of amides is 1. The second-order valence-corrected chi connectivity index (χ2v) is 8.57. The number of alkyl halides is 3. The van der Waals surface area contributed by atoms with E-state index in [9.17, 15) is 18.0 Å². The third-order valence-electron chi connectivity index (χ3n) is 6.12. The van der Waals surface area contributed by atoms with Crippen molar-refractivity contribution in [1.29, 1.82) is 0 Å². The molecule has 0 spiro atoms. The molecule has 2 aliphatic rings. The van der Waals surface area contributed by atoms with E-state index in [2.05, 4.69) is 10.2 Å². The molecule has 4 rings (SSSR count). The number of hydrogen-bond acceptors (Lipinski definition) is 3. The first-order chi connectivity index (χ1) is 14.8. The molecule has 2 heterocycles. The molecule has 0 bridgehead atoms. The molecule has 166 valence electrons. The SMILES string of the molecule is O=C(Nc1ccccc1Cl)c1cc(N2CCC(N3CCCC3)CC2)cc(C(F)(F)F)c1. The minimum Gasteiger partial charge on any atom is -0.371 e. The molecule has 0 unspecified atom stereocenters. The van der Waals surface area contributed by atoms with E-state index < -0.39 is 17.6 Å². The minimum atomic E-state index is -4.54. The largest absolute Gasteiger partial charge is 0.416 e. The number of halogens is 4. The van der Waals surface area contributed by atoms with Crippen LogP contribution < -0.4 is 10.2 Å². The first-order valence-electron chi connectivity index (χ1n) is 10.6. The van der Waals surface area contributed by atoms with Gasteiger partial charge in [0.1, 0.15) is 0 Å². The van der Waals surface area contributed by atoms with Crippen molar-refractivity contribution in [2.75, 3.05) is 36.4 Å². The Morgan fingerprint density at radius 2 is 1.68 bits per heavy atom. The number of rotatable bonds is 4. The van der Waals surface area contributed by atoms with Gasteiger partial charge in [0.15, 0.2) is 0 Å². The molecule has 2 aromatic carbocycles. The highest BCUT2D eigenvalue weighted by Crippen LogP contribution is 2.35. The number of hydrogen-bond donors (Lipinski definition) is 1. The van der Waals surface area contributed by atoms with Gasteiger partial charge in [0.25, 0.3) is 5.91 Å². The van der Waals surface area contributed by atoms with Crippen LogP contribution in [0.3, 0.4) is 0 Å². The molecular formula is C23H25ClF3N3O. The van der Waals surface area contributed by atoms with Gasteiger partial charge in [0.2, 0.25) is 0 Å². The number of para-hydroxylation sites is 1. The predicted octanol–water partition coefficient (Wildman–Crippen LogP) is 5.68. The lowest BCUT2D eigenvalue weighted by Crippen LogP contribution is -2.44. The quantitative estimate of drug-likeness (QED) is 0.650. The lowest BCUT2D eigenvalue weighted by molar-refractivity contribution is -0.137. The van der Waals surface area contributed by atoms with Gasteiger partial charge in [-0.3, -0.25) is 4.79 Å². The fraction of sp³-hybridized carbons (Fsp3) is 0.435. The van der Waals surface area contributed by atoms with E-state index in [0.717, 1.165) is 38.1 Å². The zero-order valence-corrected chi connectivity index (χ0v) is 17.8. The van der Waals surface area contributed by atoms with Gasteiger partial charge >= 0.3 is 6.18 Å². The lowest BCUT2D eigenvalue weighted by atomic mass is 10.0. The first kappa shape index (κ1) is 22.0. The predicted molar refractivity (Wildman–Crippen MR) is 117 cm³/mol. The van der Waals surface area contributed by atoms with E-state index in [1.54, 1.807) is 24.3 Å². The van der Waals surface area contributed by atoms with Crippen molar-refractivity contribution in [2.24, 2.45) is 0 Å². The number of likely N-dealkylation sites (tertiary alicyclic amines) is 1. The van der Waals surface area contributed by atoms with Crippen LogP contribution in [0.15, 0.2) is 42.5 Å². The van der Waals surface area contributed by atoms with E-state index in [1.807, 2.05) is 4.90 Å². The second-order valence-electron chi connectivity index (χ2n) is 8.16. The Hall–Kier alpha value is -2.25. The Kier molecular flexibility index (Phi) is 6.44. The normalized spacial score (nSPS) is 18.4. The summed E-state index contributed by atoms with van der Waals surface area (Å²) in [5.41, 5.74) is -0.0686. The van der Waals surface area contributed by atoms with E-state index in [-0.39, 0.29) is 5.56 Å². The summed E-state index contributed by atoms with van der Waals surface area (Å²) in [5.74, 6) is -0.618. The summed E-state index contributed by atoms with van der Waals surface area (Å²) in [4.78, 5) is 17.2. The van der Waals surface area contributed by atoms with Crippen LogP contribution in [0.5, 0.6) is 0 Å². The molecule has 0 atom stereocenters. The summed E-state index contributed by atoms with van der Waals surface area (Å²) in [7, 11) is 0. The summed E-state index contributed by atoms with van der Waals surface area (Å²) >= 11 is 6.07. The highest BCUT2D eigenvalue weighted by atomic mass is 35.5. The van der Waals surface area contributed by atoms with Gasteiger partial charge in [0.05, 0.1) is 16.3 Å². The Bertz CT molecular complexity index is 936. The average Bonchev–Trinajstić information content (AvgIpc) is 3.29. The van der Waals surface area contributed by atoms with Crippen LogP contribution in [-0.4, -0.2) is 43.0 Å². The molecule has 1 amide bonds. The molecule has 1 N–H and O–H groups in total. The average molecular weight is 452 g/mol. The number of carbonyl (C=O) groups excluding carboxylic acids is 1. The van der Waals surface area contributed by atoms with Crippen LogP contribution in [0.4, 0.5) is 24.5 Å². The van der Waals surface area contributed by atoms with Gasteiger partial charge in [-0.05, 0) is 69.1 Å². The van der Waals surface area contributed by atoms with Crippen molar-refractivity contribution >= 4 is 28.9 Å². The van der Waals surface area contributed by atoms with Gasteiger partial charge < -0.3 is 15.1 Å². The molecule has 2 saturated heterocycles. The van der Waals surface area contributed by atoms with E-state index in [0.29, 0.717) is 35.5 Å². The van der Waals surface area contributed by atoms with Crippen LogP contribution in [0, 0.1) is 0 Å². The third-order valence-corrected chi connectivity index (χ3v) is 6.45. The van der Waals surface area contributed by atoms with Gasteiger partial charge in [0, 0.05) is 30.4 Å². The zero-order valence-electron chi connectivity index (χ0n) is 17.1. The van der Waals surface area contributed by atoms with E-state index >= 15 is 0 Å². The number of piperidine rings is 1. The van der Waals surface area contributed by atoms with Crippen molar-refractivity contribution in [1.82, 2.24) is 4.90 Å². The molecule has 8 heteroatoms. The summed E-state index contributed by atoms with van der Waals surface area (Å²) in [6.07, 6.45) is -0.270. The molecular weight excluding hydrogens is 427 g/mol. The first-order valence-corrected chi connectivity index (χ1v) is 11.0. The van der Waals surface area contributed by atoms with Crippen LogP contribution in [-0.2, 0) is 6.18 Å². The molecule has 0 aliphatic carbocycles. The molecule has 31 heavy (non-hydrogen) atoms. The van der Waals surface area contributed by atoms with Crippen LogP contribution in [0.1, 0.15) is 41.6 Å². The summed E-state index contributed by atoms with van der Waals surface area (Å²) in [5, 5.41) is 2.94. The number of benzene rings is 2. The van der Waals surface area contributed by atoms with Crippen molar-refractivity contribution in [3.05, 3.63) is 58.6 Å². The van der Waals surface area contributed by atoms with Crippen LogP contribution >= 0.6 is 11.6 Å². The molecule has 0 aromatic heterocycles.